The Bertz CT molecular complexity index is 695. The van der Waals surface area contributed by atoms with Crippen molar-refractivity contribution in [1.82, 2.24) is 5.32 Å². The molecule has 0 spiro atoms. The van der Waals surface area contributed by atoms with Crippen molar-refractivity contribution in [3.63, 3.8) is 0 Å². The summed E-state index contributed by atoms with van der Waals surface area (Å²) in [6.45, 7) is 1.83. The fourth-order valence-electron chi connectivity index (χ4n) is 2.98. The van der Waals surface area contributed by atoms with Crippen molar-refractivity contribution in [2.75, 3.05) is 25.1 Å². The Morgan fingerprint density at radius 3 is 2.42 bits per heavy atom. The molecule has 1 saturated heterocycles. The van der Waals surface area contributed by atoms with Crippen molar-refractivity contribution in [2.45, 2.75) is 18.9 Å². The van der Waals surface area contributed by atoms with Crippen LogP contribution in [0.15, 0.2) is 48.5 Å². The predicted octanol–water partition coefficient (Wildman–Crippen LogP) is 3.75. The molecule has 1 heterocycles. The molecule has 126 valence electrons. The van der Waals surface area contributed by atoms with Crippen LogP contribution in [0.5, 0.6) is 5.75 Å². The summed E-state index contributed by atoms with van der Waals surface area (Å²) in [6, 6.07) is 15.4. The molecule has 1 N–H and O–H groups in total. The normalized spacial score (nSPS) is 15.2. The van der Waals surface area contributed by atoms with E-state index in [2.05, 4.69) is 22.3 Å². The Kier molecular flexibility index (Phi) is 5.26. The number of benzene rings is 2. The second kappa shape index (κ2) is 7.58. The van der Waals surface area contributed by atoms with Gasteiger partial charge in [-0.25, -0.2) is 0 Å². The monoisotopic (exact) mass is 344 g/mol. The molecule has 0 radical (unpaired) electrons. The van der Waals surface area contributed by atoms with Gasteiger partial charge in [0, 0.05) is 24.8 Å². The average molecular weight is 345 g/mol. The predicted molar refractivity (Wildman–Crippen MR) is 97.1 cm³/mol. The zero-order valence-electron chi connectivity index (χ0n) is 13.7. The zero-order valence-corrected chi connectivity index (χ0v) is 14.4. The maximum atomic E-state index is 12.3. The molecule has 2 aromatic rings. The van der Waals surface area contributed by atoms with E-state index in [-0.39, 0.29) is 11.9 Å². The topological polar surface area (TPSA) is 41.6 Å². The summed E-state index contributed by atoms with van der Waals surface area (Å²) in [5.74, 6) is 0.768. The van der Waals surface area contributed by atoms with E-state index < -0.39 is 0 Å². The third-order valence-corrected chi connectivity index (χ3v) is 4.72. The lowest BCUT2D eigenvalue weighted by Crippen LogP contribution is -2.44. The molecule has 0 bridgehead atoms. The second-order valence-corrected chi connectivity index (χ2v) is 6.32. The van der Waals surface area contributed by atoms with Crippen molar-refractivity contribution < 1.29 is 9.53 Å². The highest BCUT2D eigenvalue weighted by Gasteiger charge is 2.22. The fourth-order valence-corrected chi connectivity index (χ4v) is 3.21. The average Bonchev–Trinajstić information content (AvgIpc) is 2.63. The van der Waals surface area contributed by atoms with E-state index >= 15 is 0 Å². The number of carbonyl (C=O) groups is 1. The number of anilines is 1. The molecule has 1 fully saturated rings. The Hall–Kier alpha value is -2.20. The molecule has 1 amide bonds. The van der Waals surface area contributed by atoms with Gasteiger partial charge in [-0.3, -0.25) is 4.79 Å². The summed E-state index contributed by atoms with van der Waals surface area (Å²) < 4.78 is 5.19. The summed E-state index contributed by atoms with van der Waals surface area (Å²) in [6.07, 6.45) is 1.84. The van der Waals surface area contributed by atoms with E-state index in [1.54, 1.807) is 19.2 Å². The SMILES string of the molecule is COc1ccc(N2CCC(NC(=O)c3ccccc3Cl)CC2)cc1. The highest BCUT2D eigenvalue weighted by molar-refractivity contribution is 6.33. The number of nitrogens with zero attached hydrogens (tertiary/aromatic N) is 1. The van der Waals surface area contributed by atoms with Crippen LogP contribution >= 0.6 is 11.6 Å². The van der Waals surface area contributed by atoms with Crippen LogP contribution in [0.4, 0.5) is 5.69 Å². The Morgan fingerprint density at radius 1 is 1.12 bits per heavy atom. The first kappa shape index (κ1) is 16.7. The summed E-state index contributed by atoms with van der Waals surface area (Å²) in [4.78, 5) is 14.7. The number of hydrogen-bond acceptors (Lipinski definition) is 3. The Labute approximate surface area is 147 Å². The van der Waals surface area contributed by atoms with E-state index in [1.165, 1.54) is 5.69 Å². The molecule has 0 aliphatic carbocycles. The summed E-state index contributed by atoms with van der Waals surface area (Å²) in [5, 5.41) is 3.59. The zero-order chi connectivity index (χ0) is 16.9. The highest BCUT2D eigenvalue weighted by atomic mass is 35.5. The van der Waals surface area contributed by atoms with Crippen molar-refractivity contribution in [2.24, 2.45) is 0 Å². The van der Waals surface area contributed by atoms with Gasteiger partial charge < -0.3 is 15.0 Å². The van der Waals surface area contributed by atoms with Gasteiger partial charge in [-0.1, -0.05) is 23.7 Å². The van der Waals surface area contributed by atoms with Crippen LogP contribution in [0.3, 0.4) is 0 Å². The van der Waals surface area contributed by atoms with Crippen LogP contribution in [0.2, 0.25) is 5.02 Å². The van der Waals surface area contributed by atoms with E-state index in [0.717, 1.165) is 31.7 Å². The van der Waals surface area contributed by atoms with Crippen LogP contribution in [0, 0.1) is 0 Å². The molecule has 1 aliphatic heterocycles. The van der Waals surface area contributed by atoms with Gasteiger partial charge in [0.15, 0.2) is 0 Å². The minimum absolute atomic E-state index is 0.0940. The maximum Gasteiger partial charge on any atom is 0.253 e. The largest absolute Gasteiger partial charge is 0.497 e. The molecule has 0 saturated carbocycles. The van der Waals surface area contributed by atoms with E-state index in [1.807, 2.05) is 24.3 Å². The summed E-state index contributed by atoms with van der Waals surface area (Å²) in [5.41, 5.74) is 1.73. The van der Waals surface area contributed by atoms with Gasteiger partial charge in [0.1, 0.15) is 5.75 Å². The number of hydrogen-bond donors (Lipinski definition) is 1. The van der Waals surface area contributed by atoms with Crippen molar-refractivity contribution in [1.29, 1.82) is 0 Å². The van der Waals surface area contributed by atoms with Gasteiger partial charge in [-0.15, -0.1) is 0 Å². The number of carbonyl (C=O) groups excluding carboxylic acids is 1. The third kappa shape index (κ3) is 3.82. The fraction of sp³-hybridized carbons (Fsp3) is 0.316. The standard InChI is InChI=1S/C19H21ClN2O2/c1-24-16-8-6-15(7-9-16)22-12-10-14(11-13-22)21-19(23)17-4-2-3-5-18(17)20/h2-9,14H,10-13H2,1H3,(H,21,23). The first-order valence-electron chi connectivity index (χ1n) is 8.12. The Balaban J connectivity index is 1.55. The third-order valence-electron chi connectivity index (χ3n) is 4.39. The molecule has 3 rings (SSSR count). The van der Waals surface area contributed by atoms with Crippen LogP contribution in [-0.2, 0) is 0 Å². The molecule has 24 heavy (non-hydrogen) atoms. The van der Waals surface area contributed by atoms with Crippen molar-refractivity contribution in [3.05, 3.63) is 59.1 Å². The molecular formula is C19H21ClN2O2. The summed E-state index contributed by atoms with van der Waals surface area (Å²) >= 11 is 6.09. The number of rotatable bonds is 4. The van der Waals surface area contributed by atoms with Crippen LogP contribution in [0.25, 0.3) is 0 Å². The van der Waals surface area contributed by atoms with Crippen LogP contribution in [-0.4, -0.2) is 32.1 Å². The van der Waals surface area contributed by atoms with E-state index in [9.17, 15) is 4.79 Å². The van der Waals surface area contributed by atoms with Crippen LogP contribution in [0.1, 0.15) is 23.2 Å². The molecule has 4 nitrogen and oxygen atoms in total. The number of amides is 1. The molecule has 0 aromatic heterocycles. The van der Waals surface area contributed by atoms with Crippen molar-refractivity contribution >= 4 is 23.2 Å². The minimum atomic E-state index is -0.0940. The highest BCUT2D eigenvalue weighted by Crippen LogP contribution is 2.23. The minimum Gasteiger partial charge on any atom is -0.497 e. The molecular weight excluding hydrogens is 324 g/mol. The molecule has 1 aliphatic rings. The number of ether oxygens (including phenoxy) is 1. The first-order chi connectivity index (χ1) is 11.7. The van der Waals surface area contributed by atoms with E-state index in [0.29, 0.717) is 10.6 Å². The van der Waals surface area contributed by atoms with Gasteiger partial charge >= 0.3 is 0 Å². The number of methoxy groups -OCH3 is 1. The van der Waals surface area contributed by atoms with Gasteiger partial charge in [0.05, 0.1) is 17.7 Å². The Morgan fingerprint density at radius 2 is 1.79 bits per heavy atom. The smallest absolute Gasteiger partial charge is 0.253 e. The lowest BCUT2D eigenvalue weighted by Gasteiger charge is -2.34. The van der Waals surface area contributed by atoms with Crippen molar-refractivity contribution in [3.8, 4) is 5.75 Å². The molecule has 2 aromatic carbocycles. The van der Waals surface area contributed by atoms with Gasteiger partial charge in [0.2, 0.25) is 0 Å². The molecule has 5 heteroatoms. The maximum absolute atomic E-state index is 12.3. The van der Waals surface area contributed by atoms with Gasteiger partial charge in [-0.05, 0) is 49.2 Å². The second-order valence-electron chi connectivity index (χ2n) is 5.91. The van der Waals surface area contributed by atoms with Gasteiger partial charge in [-0.2, -0.15) is 0 Å². The lowest BCUT2D eigenvalue weighted by molar-refractivity contribution is 0.0931. The number of halogens is 1. The molecule has 0 unspecified atom stereocenters. The van der Waals surface area contributed by atoms with E-state index in [4.69, 9.17) is 16.3 Å². The lowest BCUT2D eigenvalue weighted by atomic mass is 10.0. The number of nitrogens with one attached hydrogen (secondary N) is 1. The van der Waals surface area contributed by atoms with Crippen LogP contribution < -0.4 is 15.0 Å². The summed E-state index contributed by atoms with van der Waals surface area (Å²) in [7, 11) is 1.67. The van der Waals surface area contributed by atoms with Gasteiger partial charge in [0.25, 0.3) is 5.91 Å². The quantitative estimate of drug-likeness (QED) is 0.918. The number of piperidine rings is 1. The molecule has 0 atom stereocenters. The first-order valence-corrected chi connectivity index (χ1v) is 8.49.